The first-order valence-corrected chi connectivity index (χ1v) is 8.40. The number of nitrogens with one attached hydrogen (secondary N) is 1. The standard InChI is InChI=1S/C17H23N3S/c1-12-4-6-14(7-5-12)11-20(3)17-19-13(2)16(21-17)10-18-15-8-9-15/h4-7,15,18H,8-11H2,1-3H3. The molecule has 0 spiro atoms. The molecule has 0 radical (unpaired) electrons. The summed E-state index contributed by atoms with van der Waals surface area (Å²) in [7, 11) is 2.12. The molecule has 1 N–H and O–H groups in total. The Labute approximate surface area is 131 Å². The van der Waals surface area contributed by atoms with Gasteiger partial charge in [0.1, 0.15) is 0 Å². The summed E-state index contributed by atoms with van der Waals surface area (Å²) in [6.45, 7) is 6.11. The number of aromatic nitrogens is 1. The van der Waals surface area contributed by atoms with E-state index >= 15 is 0 Å². The molecule has 1 fully saturated rings. The molecule has 4 heteroatoms. The molecule has 0 saturated heterocycles. The van der Waals surface area contributed by atoms with Crippen LogP contribution in [0.2, 0.25) is 0 Å². The van der Waals surface area contributed by atoms with Crippen LogP contribution in [0.25, 0.3) is 0 Å². The van der Waals surface area contributed by atoms with E-state index in [-0.39, 0.29) is 0 Å². The van der Waals surface area contributed by atoms with Crippen LogP contribution in [-0.2, 0) is 13.1 Å². The van der Waals surface area contributed by atoms with Crippen LogP contribution in [0.5, 0.6) is 0 Å². The second-order valence-electron chi connectivity index (χ2n) is 6.00. The van der Waals surface area contributed by atoms with Crippen molar-refractivity contribution in [3.8, 4) is 0 Å². The van der Waals surface area contributed by atoms with Crippen LogP contribution in [-0.4, -0.2) is 18.1 Å². The van der Waals surface area contributed by atoms with Crippen molar-refractivity contribution in [1.82, 2.24) is 10.3 Å². The van der Waals surface area contributed by atoms with Crippen molar-refractivity contribution in [2.45, 2.75) is 45.8 Å². The molecule has 3 nitrogen and oxygen atoms in total. The lowest BCUT2D eigenvalue weighted by atomic mass is 10.1. The van der Waals surface area contributed by atoms with Crippen LogP contribution in [0.15, 0.2) is 24.3 Å². The SMILES string of the molecule is Cc1ccc(CN(C)c2nc(C)c(CNC3CC3)s2)cc1. The number of rotatable bonds is 6. The summed E-state index contributed by atoms with van der Waals surface area (Å²) < 4.78 is 0. The van der Waals surface area contributed by atoms with Gasteiger partial charge in [0.2, 0.25) is 0 Å². The molecule has 21 heavy (non-hydrogen) atoms. The van der Waals surface area contributed by atoms with E-state index in [1.165, 1.54) is 34.5 Å². The van der Waals surface area contributed by atoms with Crippen molar-refractivity contribution in [3.63, 3.8) is 0 Å². The van der Waals surface area contributed by atoms with E-state index in [2.05, 4.69) is 55.4 Å². The molecule has 1 aliphatic carbocycles. The van der Waals surface area contributed by atoms with E-state index in [9.17, 15) is 0 Å². The Hall–Kier alpha value is -1.39. The Balaban J connectivity index is 1.64. The van der Waals surface area contributed by atoms with Crippen LogP contribution in [0, 0.1) is 13.8 Å². The van der Waals surface area contributed by atoms with Crippen LogP contribution >= 0.6 is 11.3 Å². The van der Waals surface area contributed by atoms with Crippen LogP contribution in [0.1, 0.15) is 34.5 Å². The minimum Gasteiger partial charge on any atom is -0.347 e. The summed E-state index contributed by atoms with van der Waals surface area (Å²) >= 11 is 1.81. The highest BCUT2D eigenvalue weighted by Crippen LogP contribution is 2.27. The maximum absolute atomic E-state index is 4.73. The maximum atomic E-state index is 4.73. The predicted molar refractivity (Wildman–Crippen MR) is 90.0 cm³/mol. The highest BCUT2D eigenvalue weighted by molar-refractivity contribution is 7.15. The topological polar surface area (TPSA) is 28.2 Å². The second-order valence-corrected chi connectivity index (χ2v) is 7.06. The molecule has 0 bridgehead atoms. The normalized spacial score (nSPS) is 14.4. The average Bonchev–Trinajstić information content (AvgIpc) is 3.22. The van der Waals surface area contributed by atoms with E-state index in [1.54, 1.807) is 0 Å². The Kier molecular flexibility index (Phi) is 4.27. The van der Waals surface area contributed by atoms with Crippen molar-refractivity contribution < 1.29 is 0 Å². The zero-order valence-corrected chi connectivity index (χ0v) is 13.8. The van der Waals surface area contributed by atoms with E-state index in [0.717, 1.165) is 24.3 Å². The predicted octanol–water partition coefficient (Wildman–Crippen LogP) is 3.65. The van der Waals surface area contributed by atoms with Gasteiger partial charge in [-0.05, 0) is 32.3 Å². The fourth-order valence-electron chi connectivity index (χ4n) is 2.30. The molecule has 3 rings (SSSR count). The van der Waals surface area contributed by atoms with Crippen LogP contribution < -0.4 is 10.2 Å². The van der Waals surface area contributed by atoms with Gasteiger partial charge in [0.25, 0.3) is 0 Å². The highest BCUT2D eigenvalue weighted by atomic mass is 32.1. The Morgan fingerprint density at radius 3 is 2.62 bits per heavy atom. The first-order chi connectivity index (χ1) is 10.1. The molecule has 1 heterocycles. The molecule has 1 aromatic carbocycles. The molecule has 0 atom stereocenters. The number of hydrogen-bond acceptors (Lipinski definition) is 4. The highest BCUT2D eigenvalue weighted by Gasteiger charge is 2.21. The molecule has 112 valence electrons. The summed E-state index contributed by atoms with van der Waals surface area (Å²) in [6.07, 6.45) is 2.66. The lowest BCUT2D eigenvalue weighted by Gasteiger charge is -2.15. The maximum Gasteiger partial charge on any atom is 0.185 e. The quantitative estimate of drug-likeness (QED) is 0.883. The minimum atomic E-state index is 0.750. The largest absolute Gasteiger partial charge is 0.347 e. The number of thiazole rings is 1. The third-order valence-corrected chi connectivity index (χ3v) is 5.15. The van der Waals surface area contributed by atoms with Crippen molar-refractivity contribution in [1.29, 1.82) is 0 Å². The lowest BCUT2D eigenvalue weighted by molar-refractivity contribution is 0.691. The van der Waals surface area contributed by atoms with Gasteiger partial charge in [-0.2, -0.15) is 0 Å². The van der Waals surface area contributed by atoms with Gasteiger partial charge in [-0.3, -0.25) is 0 Å². The van der Waals surface area contributed by atoms with Gasteiger partial charge in [-0.25, -0.2) is 4.98 Å². The summed E-state index contributed by atoms with van der Waals surface area (Å²) in [4.78, 5) is 8.33. The molecular formula is C17H23N3S. The van der Waals surface area contributed by atoms with Crippen LogP contribution in [0.3, 0.4) is 0 Å². The van der Waals surface area contributed by atoms with Gasteiger partial charge in [0.05, 0.1) is 5.69 Å². The minimum absolute atomic E-state index is 0.750. The number of anilines is 1. The molecule has 1 aliphatic rings. The van der Waals surface area contributed by atoms with Gasteiger partial charge < -0.3 is 10.2 Å². The summed E-state index contributed by atoms with van der Waals surface area (Å²) in [6, 6.07) is 9.48. The lowest BCUT2D eigenvalue weighted by Crippen LogP contribution is -2.16. The monoisotopic (exact) mass is 301 g/mol. The number of nitrogens with zero attached hydrogens (tertiary/aromatic N) is 2. The average molecular weight is 301 g/mol. The molecule has 0 amide bonds. The second kappa shape index (κ2) is 6.16. The van der Waals surface area contributed by atoms with Crippen molar-refractivity contribution in [2.24, 2.45) is 0 Å². The zero-order chi connectivity index (χ0) is 14.8. The van der Waals surface area contributed by atoms with Gasteiger partial charge in [0.15, 0.2) is 5.13 Å². The van der Waals surface area contributed by atoms with Crippen molar-refractivity contribution in [2.75, 3.05) is 11.9 Å². The van der Waals surface area contributed by atoms with Gasteiger partial charge in [0, 0.05) is 31.1 Å². The van der Waals surface area contributed by atoms with Gasteiger partial charge in [-0.1, -0.05) is 29.8 Å². The third-order valence-electron chi connectivity index (χ3n) is 3.88. The van der Waals surface area contributed by atoms with Gasteiger partial charge in [-0.15, -0.1) is 11.3 Å². The Bertz CT molecular complexity index is 599. The van der Waals surface area contributed by atoms with E-state index in [1.807, 2.05) is 11.3 Å². The van der Waals surface area contributed by atoms with Crippen molar-refractivity contribution in [3.05, 3.63) is 46.0 Å². The summed E-state index contributed by atoms with van der Waals surface area (Å²) in [5.41, 5.74) is 3.80. The zero-order valence-electron chi connectivity index (χ0n) is 13.0. The smallest absolute Gasteiger partial charge is 0.185 e. The van der Waals surface area contributed by atoms with E-state index < -0.39 is 0 Å². The molecule has 2 aromatic rings. The van der Waals surface area contributed by atoms with Gasteiger partial charge >= 0.3 is 0 Å². The number of benzene rings is 1. The first-order valence-electron chi connectivity index (χ1n) is 7.58. The van der Waals surface area contributed by atoms with E-state index in [4.69, 9.17) is 4.98 Å². The first kappa shape index (κ1) is 14.5. The molecule has 1 aromatic heterocycles. The molecule has 0 unspecified atom stereocenters. The van der Waals surface area contributed by atoms with E-state index in [0.29, 0.717) is 0 Å². The fraction of sp³-hybridized carbons (Fsp3) is 0.471. The fourth-order valence-corrected chi connectivity index (χ4v) is 3.27. The number of aryl methyl sites for hydroxylation is 2. The van der Waals surface area contributed by atoms with Crippen LogP contribution in [0.4, 0.5) is 5.13 Å². The molecule has 1 saturated carbocycles. The van der Waals surface area contributed by atoms with Crippen molar-refractivity contribution >= 4 is 16.5 Å². The molecular weight excluding hydrogens is 278 g/mol. The number of hydrogen-bond donors (Lipinski definition) is 1. The Morgan fingerprint density at radius 2 is 1.95 bits per heavy atom. The summed E-state index contributed by atoms with van der Waals surface area (Å²) in [5, 5.41) is 4.69. The third kappa shape index (κ3) is 3.83. The molecule has 0 aliphatic heterocycles. The summed E-state index contributed by atoms with van der Waals surface area (Å²) in [5.74, 6) is 0. The Morgan fingerprint density at radius 1 is 1.24 bits per heavy atom.